The van der Waals surface area contributed by atoms with E-state index in [4.69, 9.17) is 5.11 Å². The van der Waals surface area contributed by atoms with Crippen molar-refractivity contribution in [2.45, 2.75) is 52.5 Å². The van der Waals surface area contributed by atoms with Gasteiger partial charge in [0.25, 0.3) is 0 Å². The van der Waals surface area contributed by atoms with Crippen molar-refractivity contribution in [2.75, 3.05) is 11.4 Å². The standard InChI is InChI=1S/C23H27FN2O2/c1-6-26-21-11-19(24)17(9-18(21)15(3)12-23(26,4)5)13-25-20-10-16(22(27)28)8-7-14(20)2/h7-11,13,15H,6,12H2,1-5H3,(H,27,28). The van der Waals surface area contributed by atoms with Gasteiger partial charge in [-0.15, -0.1) is 0 Å². The van der Waals surface area contributed by atoms with Gasteiger partial charge in [-0.3, -0.25) is 4.99 Å². The molecule has 4 nitrogen and oxygen atoms in total. The molecule has 0 amide bonds. The molecule has 0 radical (unpaired) electrons. The smallest absolute Gasteiger partial charge is 0.335 e. The number of rotatable bonds is 4. The molecule has 3 rings (SSSR count). The molecule has 1 atom stereocenters. The number of halogens is 1. The van der Waals surface area contributed by atoms with Crippen molar-refractivity contribution < 1.29 is 14.3 Å². The van der Waals surface area contributed by atoms with Crippen LogP contribution in [0.1, 0.15) is 67.1 Å². The summed E-state index contributed by atoms with van der Waals surface area (Å²) in [7, 11) is 0. The lowest BCUT2D eigenvalue weighted by molar-refractivity contribution is 0.0697. The first-order valence-electron chi connectivity index (χ1n) is 9.63. The van der Waals surface area contributed by atoms with E-state index < -0.39 is 5.97 Å². The Kier molecular flexibility index (Phi) is 5.28. The third-order valence-electron chi connectivity index (χ3n) is 5.62. The quantitative estimate of drug-likeness (QED) is 0.691. The highest BCUT2D eigenvalue weighted by atomic mass is 19.1. The van der Waals surface area contributed by atoms with Crippen LogP contribution in [0, 0.1) is 12.7 Å². The van der Waals surface area contributed by atoms with Crippen molar-refractivity contribution >= 4 is 23.6 Å². The molecule has 5 heteroatoms. The Morgan fingerprint density at radius 1 is 1.36 bits per heavy atom. The van der Waals surface area contributed by atoms with Crippen molar-refractivity contribution in [2.24, 2.45) is 4.99 Å². The van der Waals surface area contributed by atoms with Crippen molar-refractivity contribution in [3.63, 3.8) is 0 Å². The van der Waals surface area contributed by atoms with Crippen molar-refractivity contribution in [1.29, 1.82) is 0 Å². The average Bonchev–Trinajstić information content (AvgIpc) is 2.61. The molecule has 148 valence electrons. The number of hydrogen-bond donors (Lipinski definition) is 1. The van der Waals surface area contributed by atoms with Gasteiger partial charge in [-0.05, 0) is 75.4 Å². The number of carboxylic acids is 1. The van der Waals surface area contributed by atoms with Crippen LogP contribution in [0.4, 0.5) is 15.8 Å². The molecule has 1 heterocycles. The summed E-state index contributed by atoms with van der Waals surface area (Å²) in [5.41, 5.74) is 4.01. The van der Waals surface area contributed by atoms with Crippen LogP contribution < -0.4 is 4.90 Å². The molecule has 2 aromatic rings. The van der Waals surface area contributed by atoms with E-state index in [2.05, 4.69) is 37.6 Å². The number of carboxylic acid groups (broad SMARTS) is 1. The maximum Gasteiger partial charge on any atom is 0.335 e. The molecule has 1 N–H and O–H groups in total. The van der Waals surface area contributed by atoms with E-state index in [-0.39, 0.29) is 16.9 Å². The Bertz CT molecular complexity index is 950. The summed E-state index contributed by atoms with van der Waals surface area (Å²) in [5.74, 6) is -1.01. The Balaban J connectivity index is 2.02. The molecular weight excluding hydrogens is 355 g/mol. The third kappa shape index (κ3) is 3.66. The number of nitrogens with zero attached hydrogens (tertiary/aromatic N) is 2. The second-order valence-electron chi connectivity index (χ2n) is 8.16. The van der Waals surface area contributed by atoms with Crippen molar-refractivity contribution in [3.8, 4) is 0 Å². The molecule has 0 aliphatic carbocycles. The second kappa shape index (κ2) is 7.38. The number of carbonyl (C=O) groups is 1. The number of anilines is 1. The average molecular weight is 382 g/mol. The van der Waals surface area contributed by atoms with E-state index in [9.17, 15) is 9.18 Å². The number of aromatic carboxylic acids is 1. The third-order valence-corrected chi connectivity index (χ3v) is 5.62. The normalized spacial score (nSPS) is 18.4. The van der Waals surface area contributed by atoms with Crippen LogP contribution in [-0.4, -0.2) is 29.4 Å². The highest BCUT2D eigenvalue weighted by molar-refractivity contribution is 5.90. The topological polar surface area (TPSA) is 52.9 Å². The molecular formula is C23H27FN2O2. The molecule has 28 heavy (non-hydrogen) atoms. The van der Waals surface area contributed by atoms with Gasteiger partial charge in [-0.2, -0.15) is 0 Å². The number of fused-ring (bicyclic) bond motifs is 1. The molecule has 0 spiro atoms. The number of hydrogen-bond acceptors (Lipinski definition) is 3. The zero-order valence-corrected chi connectivity index (χ0v) is 17.1. The summed E-state index contributed by atoms with van der Waals surface area (Å²) in [6.07, 6.45) is 2.49. The second-order valence-corrected chi connectivity index (χ2v) is 8.16. The van der Waals surface area contributed by atoms with E-state index in [0.29, 0.717) is 17.2 Å². The zero-order valence-electron chi connectivity index (χ0n) is 17.1. The van der Waals surface area contributed by atoms with Gasteiger partial charge in [0.1, 0.15) is 5.82 Å². The van der Waals surface area contributed by atoms with Gasteiger partial charge in [0.05, 0.1) is 11.3 Å². The summed E-state index contributed by atoms with van der Waals surface area (Å²) in [6.45, 7) is 11.3. The van der Waals surface area contributed by atoms with Crippen LogP contribution >= 0.6 is 0 Å². The lowest BCUT2D eigenvalue weighted by atomic mass is 9.79. The van der Waals surface area contributed by atoms with E-state index in [0.717, 1.165) is 29.8 Å². The molecule has 0 bridgehead atoms. The highest BCUT2D eigenvalue weighted by Crippen LogP contribution is 2.43. The summed E-state index contributed by atoms with van der Waals surface area (Å²) < 4.78 is 14.9. The summed E-state index contributed by atoms with van der Waals surface area (Å²) >= 11 is 0. The van der Waals surface area contributed by atoms with Crippen LogP contribution in [0.3, 0.4) is 0 Å². The predicted molar refractivity (Wildman–Crippen MR) is 112 cm³/mol. The molecule has 1 unspecified atom stereocenters. The molecule has 0 saturated heterocycles. The number of aryl methyl sites for hydroxylation is 1. The van der Waals surface area contributed by atoms with Gasteiger partial charge in [-0.25, -0.2) is 9.18 Å². The predicted octanol–water partition coefficient (Wildman–Crippen LogP) is 5.70. The Hall–Kier alpha value is -2.69. The summed E-state index contributed by atoms with van der Waals surface area (Å²) in [6, 6.07) is 8.25. The van der Waals surface area contributed by atoms with Crippen LogP contribution in [0.5, 0.6) is 0 Å². The first-order chi connectivity index (χ1) is 13.1. The Morgan fingerprint density at radius 3 is 2.71 bits per heavy atom. The van der Waals surface area contributed by atoms with Crippen LogP contribution in [0.25, 0.3) is 0 Å². The van der Waals surface area contributed by atoms with Crippen LogP contribution in [-0.2, 0) is 0 Å². The van der Waals surface area contributed by atoms with Crippen LogP contribution in [0.2, 0.25) is 0 Å². The van der Waals surface area contributed by atoms with E-state index in [1.54, 1.807) is 18.2 Å². The first kappa shape index (κ1) is 20.1. The monoisotopic (exact) mass is 382 g/mol. The Labute approximate surface area is 165 Å². The molecule has 2 aromatic carbocycles. The maximum absolute atomic E-state index is 14.9. The minimum atomic E-state index is -1.01. The fraction of sp³-hybridized carbons (Fsp3) is 0.391. The molecule has 1 aliphatic rings. The number of aliphatic imine (C=N–C) groups is 1. The minimum absolute atomic E-state index is 0.0163. The fourth-order valence-electron chi connectivity index (χ4n) is 4.24. The van der Waals surface area contributed by atoms with E-state index in [1.807, 2.05) is 13.0 Å². The first-order valence-corrected chi connectivity index (χ1v) is 9.63. The highest BCUT2D eigenvalue weighted by Gasteiger charge is 2.36. The fourth-order valence-corrected chi connectivity index (χ4v) is 4.24. The molecule has 0 fully saturated rings. The SMILES string of the molecule is CCN1c2cc(F)c(C=Nc3cc(C(=O)O)ccc3C)cc2C(C)CC1(C)C. The van der Waals surface area contributed by atoms with Gasteiger partial charge < -0.3 is 10.0 Å². The summed E-state index contributed by atoms with van der Waals surface area (Å²) in [5, 5.41) is 9.17. The molecule has 1 aliphatic heterocycles. The molecule has 0 aromatic heterocycles. The maximum atomic E-state index is 14.9. The van der Waals surface area contributed by atoms with Crippen molar-refractivity contribution in [3.05, 3.63) is 58.4 Å². The van der Waals surface area contributed by atoms with Gasteiger partial charge in [0.15, 0.2) is 0 Å². The Morgan fingerprint density at radius 2 is 2.07 bits per heavy atom. The lowest BCUT2D eigenvalue weighted by Crippen LogP contribution is -2.48. The van der Waals surface area contributed by atoms with Gasteiger partial charge in [0, 0.05) is 29.5 Å². The molecule has 0 saturated carbocycles. The minimum Gasteiger partial charge on any atom is -0.478 e. The van der Waals surface area contributed by atoms with Crippen LogP contribution in [0.15, 0.2) is 35.3 Å². The largest absolute Gasteiger partial charge is 0.478 e. The zero-order chi connectivity index (χ0) is 20.6. The van der Waals surface area contributed by atoms with E-state index >= 15 is 0 Å². The van der Waals surface area contributed by atoms with Gasteiger partial charge in [0.2, 0.25) is 0 Å². The lowest BCUT2D eigenvalue weighted by Gasteiger charge is -2.47. The van der Waals surface area contributed by atoms with Gasteiger partial charge in [-0.1, -0.05) is 13.0 Å². The van der Waals surface area contributed by atoms with E-state index in [1.165, 1.54) is 12.3 Å². The summed E-state index contributed by atoms with van der Waals surface area (Å²) in [4.78, 5) is 17.8. The van der Waals surface area contributed by atoms with Crippen molar-refractivity contribution in [1.82, 2.24) is 0 Å². The van der Waals surface area contributed by atoms with Gasteiger partial charge >= 0.3 is 5.97 Å². The number of benzene rings is 2.